The van der Waals surface area contributed by atoms with Gasteiger partial charge in [0.1, 0.15) is 12.4 Å². The van der Waals surface area contributed by atoms with Crippen LogP contribution in [-0.2, 0) is 16.1 Å². The summed E-state index contributed by atoms with van der Waals surface area (Å²) in [5.74, 6) is 0.897. The summed E-state index contributed by atoms with van der Waals surface area (Å²) in [7, 11) is 0. The second-order valence-corrected chi connectivity index (χ2v) is 7.52. The van der Waals surface area contributed by atoms with E-state index in [4.69, 9.17) is 4.98 Å². The highest BCUT2D eigenvalue weighted by atomic mass is 16.2. The van der Waals surface area contributed by atoms with E-state index in [9.17, 15) is 9.59 Å². The van der Waals surface area contributed by atoms with Gasteiger partial charge in [0.25, 0.3) is 0 Å². The van der Waals surface area contributed by atoms with Crippen molar-refractivity contribution in [1.29, 1.82) is 0 Å². The number of likely N-dealkylation sites (N-methyl/N-ethyl adjacent to an activating group) is 1. The van der Waals surface area contributed by atoms with Crippen LogP contribution in [0.1, 0.15) is 38.6 Å². The van der Waals surface area contributed by atoms with Crippen molar-refractivity contribution in [3.63, 3.8) is 0 Å². The molecule has 2 aromatic carbocycles. The number of anilines is 1. The van der Waals surface area contributed by atoms with E-state index in [2.05, 4.69) is 5.32 Å². The van der Waals surface area contributed by atoms with Gasteiger partial charge in [0.05, 0.1) is 17.1 Å². The summed E-state index contributed by atoms with van der Waals surface area (Å²) < 4.78 is 1.93. The standard InChI is InChI=1S/C23H26N4O2/c1-3-26(18-9-5-4-6-10-18)21(28)15-27-20-12-8-7-11-19(20)25-22(27)16(2)24-23(29)17-13-14-17/h4-12,16-17H,3,13-15H2,1-2H3,(H,24,29). The van der Waals surface area contributed by atoms with Gasteiger partial charge in [-0.05, 0) is 51.0 Å². The Hall–Kier alpha value is -3.15. The molecule has 1 heterocycles. The van der Waals surface area contributed by atoms with Gasteiger partial charge in [-0.15, -0.1) is 0 Å². The molecule has 1 saturated carbocycles. The van der Waals surface area contributed by atoms with Crippen molar-refractivity contribution in [2.75, 3.05) is 11.4 Å². The molecule has 3 aromatic rings. The Morgan fingerprint density at radius 3 is 2.52 bits per heavy atom. The highest BCUT2D eigenvalue weighted by Crippen LogP contribution is 2.30. The number of amides is 2. The van der Waals surface area contributed by atoms with E-state index in [1.165, 1.54) is 0 Å². The minimum atomic E-state index is -0.268. The van der Waals surface area contributed by atoms with Crippen LogP contribution in [0.15, 0.2) is 54.6 Å². The maximum atomic E-state index is 13.2. The van der Waals surface area contributed by atoms with Gasteiger partial charge in [0, 0.05) is 18.2 Å². The Balaban J connectivity index is 1.64. The zero-order valence-electron chi connectivity index (χ0n) is 16.8. The minimum absolute atomic E-state index is 0.0103. The molecule has 0 radical (unpaired) electrons. The molecule has 1 aromatic heterocycles. The van der Waals surface area contributed by atoms with Crippen molar-refractivity contribution >= 4 is 28.5 Å². The van der Waals surface area contributed by atoms with E-state index in [1.807, 2.05) is 73.0 Å². The van der Waals surface area contributed by atoms with Gasteiger partial charge in [-0.1, -0.05) is 30.3 Å². The zero-order chi connectivity index (χ0) is 20.4. The SMILES string of the molecule is CCN(C(=O)Cn1c(C(C)NC(=O)C2CC2)nc2ccccc21)c1ccccc1. The summed E-state index contributed by atoms with van der Waals surface area (Å²) in [5, 5.41) is 3.06. The summed E-state index contributed by atoms with van der Waals surface area (Å²) in [5.41, 5.74) is 2.60. The molecule has 29 heavy (non-hydrogen) atoms. The van der Waals surface area contributed by atoms with Gasteiger partial charge in [-0.25, -0.2) is 4.98 Å². The van der Waals surface area contributed by atoms with Crippen LogP contribution >= 0.6 is 0 Å². The number of aromatic nitrogens is 2. The molecule has 6 heteroatoms. The van der Waals surface area contributed by atoms with E-state index in [-0.39, 0.29) is 30.3 Å². The van der Waals surface area contributed by atoms with E-state index in [1.54, 1.807) is 4.90 Å². The Morgan fingerprint density at radius 1 is 1.14 bits per heavy atom. The molecule has 6 nitrogen and oxygen atoms in total. The molecule has 1 aliphatic rings. The molecule has 4 rings (SSSR count). The maximum Gasteiger partial charge on any atom is 0.246 e. The lowest BCUT2D eigenvalue weighted by Crippen LogP contribution is -2.35. The molecule has 1 unspecified atom stereocenters. The van der Waals surface area contributed by atoms with E-state index in [0.29, 0.717) is 12.4 Å². The second-order valence-electron chi connectivity index (χ2n) is 7.52. The average molecular weight is 390 g/mol. The van der Waals surface area contributed by atoms with Crippen LogP contribution in [0.4, 0.5) is 5.69 Å². The number of carbonyl (C=O) groups excluding carboxylic acids is 2. The normalized spacial score (nSPS) is 14.6. The highest BCUT2D eigenvalue weighted by molar-refractivity contribution is 5.94. The molecule has 0 saturated heterocycles. The zero-order valence-corrected chi connectivity index (χ0v) is 16.8. The third-order valence-electron chi connectivity index (χ3n) is 5.36. The van der Waals surface area contributed by atoms with Crippen LogP contribution in [0, 0.1) is 5.92 Å². The fraction of sp³-hybridized carbons (Fsp3) is 0.348. The molecule has 0 spiro atoms. The number of nitrogens with zero attached hydrogens (tertiary/aromatic N) is 3. The Morgan fingerprint density at radius 2 is 1.83 bits per heavy atom. The monoisotopic (exact) mass is 390 g/mol. The fourth-order valence-electron chi connectivity index (χ4n) is 3.66. The molecular weight excluding hydrogens is 364 g/mol. The first kappa shape index (κ1) is 19.2. The van der Waals surface area contributed by atoms with Gasteiger partial charge >= 0.3 is 0 Å². The van der Waals surface area contributed by atoms with Gasteiger partial charge < -0.3 is 14.8 Å². The number of nitrogens with one attached hydrogen (secondary N) is 1. The van der Waals surface area contributed by atoms with Crippen molar-refractivity contribution in [3.05, 3.63) is 60.4 Å². The number of hydrogen-bond acceptors (Lipinski definition) is 3. The lowest BCUT2D eigenvalue weighted by atomic mass is 10.2. The third kappa shape index (κ3) is 4.01. The number of imidazole rings is 1. The maximum absolute atomic E-state index is 13.2. The number of fused-ring (bicyclic) bond motifs is 1. The molecule has 1 atom stereocenters. The Kier molecular flexibility index (Phi) is 5.34. The number of para-hydroxylation sites is 3. The summed E-state index contributed by atoms with van der Waals surface area (Å²) in [6.07, 6.45) is 1.91. The molecule has 2 amide bonds. The largest absolute Gasteiger partial charge is 0.346 e. The van der Waals surface area contributed by atoms with E-state index < -0.39 is 0 Å². The first-order chi connectivity index (χ1) is 14.1. The number of carbonyl (C=O) groups is 2. The highest BCUT2D eigenvalue weighted by Gasteiger charge is 2.31. The Labute approximate surface area is 170 Å². The van der Waals surface area contributed by atoms with Crippen LogP contribution in [0.25, 0.3) is 11.0 Å². The van der Waals surface area contributed by atoms with E-state index in [0.717, 1.165) is 29.6 Å². The number of rotatable bonds is 7. The number of hydrogen-bond donors (Lipinski definition) is 1. The van der Waals surface area contributed by atoms with Crippen LogP contribution in [0.5, 0.6) is 0 Å². The average Bonchev–Trinajstić information content (AvgIpc) is 3.52. The van der Waals surface area contributed by atoms with Gasteiger partial charge in [0.2, 0.25) is 11.8 Å². The predicted molar refractivity (Wildman–Crippen MR) is 113 cm³/mol. The van der Waals surface area contributed by atoms with Crippen molar-refractivity contribution in [3.8, 4) is 0 Å². The van der Waals surface area contributed by atoms with Crippen LogP contribution < -0.4 is 10.2 Å². The predicted octanol–water partition coefficient (Wildman–Crippen LogP) is 3.68. The fourth-order valence-corrected chi connectivity index (χ4v) is 3.66. The summed E-state index contributed by atoms with van der Waals surface area (Å²) in [6.45, 7) is 4.65. The third-order valence-corrected chi connectivity index (χ3v) is 5.36. The summed E-state index contributed by atoms with van der Waals surface area (Å²) >= 11 is 0. The summed E-state index contributed by atoms with van der Waals surface area (Å²) in [4.78, 5) is 31.9. The first-order valence-corrected chi connectivity index (χ1v) is 10.2. The topological polar surface area (TPSA) is 67.2 Å². The van der Waals surface area contributed by atoms with Crippen LogP contribution in [0.3, 0.4) is 0 Å². The smallest absolute Gasteiger partial charge is 0.246 e. The molecule has 0 bridgehead atoms. The van der Waals surface area contributed by atoms with Gasteiger partial charge in [-0.2, -0.15) is 0 Å². The molecule has 150 valence electrons. The molecule has 1 fully saturated rings. The van der Waals surface area contributed by atoms with Crippen LogP contribution in [0.2, 0.25) is 0 Å². The molecule has 0 aliphatic heterocycles. The minimum Gasteiger partial charge on any atom is -0.346 e. The Bertz CT molecular complexity index is 1020. The first-order valence-electron chi connectivity index (χ1n) is 10.2. The molecule has 1 N–H and O–H groups in total. The quantitative estimate of drug-likeness (QED) is 0.669. The van der Waals surface area contributed by atoms with Crippen molar-refractivity contribution in [2.45, 2.75) is 39.3 Å². The van der Waals surface area contributed by atoms with E-state index >= 15 is 0 Å². The van der Waals surface area contributed by atoms with Crippen molar-refractivity contribution in [2.24, 2.45) is 5.92 Å². The molecule has 1 aliphatic carbocycles. The van der Waals surface area contributed by atoms with Crippen molar-refractivity contribution in [1.82, 2.24) is 14.9 Å². The lowest BCUT2D eigenvalue weighted by molar-refractivity contribution is -0.123. The van der Waals surface area contributed by atoms with Crippen molar-refractivity contribution < 1.29 is 9.59 Å². The lowest BCUT2D eigenvalue weighted by Gasteiger charge is -2.23. The van der Waals surface area contributed by atoms with Crippen LogP contribution in [-0.4, -0.2) is 27.9 Å². The summed E-state index contributed by atoms with van der Waals surface area (Å²) in [6, 6.07) is 17.2. The second kappa shape index (κ2) is 8.07. The molecular formula is C23H26N4O2. The van der Waals surface area contributed by atoms with Gasteiger partial charge in [-0.3, -0.25) is 9.59 Å². The van der Waals surface area contributed by atoms with Gasteiger partial charge in [0.15, 0.2) is 0 Å². The number of benzene rings is 2.